The molecule has 1 saturated carbocycles. The molecule has 4 nitrogen and oxygen atoms in total. The third-order valence-corrected chi connectivity index (χ3v) is 5.42. The van der Waals surface area contributed by atoms with Crippen LogP contribution in [0.1, 0.15) is 31.7 Å². The molecule has 0 spiro atoms. The van der Waals surface area contributed by atoms with Gasteiger partial charge in [-0.2, -0.15) is 0 Å². The van der Waals surface area contributed by atoms with E-state index in [-0.39, 0.29) is 12.0 Å². The van der Waals surface area contributed by atoms with Crippen molar-refractivity contribution in [3.05, 3.63) is 29.8 Å². The van der Waals surface area contributed by atoms with Crippen molar-refractivity contribution in [1.29, 1.82) is 0 Å². The van der Waals surface area contributed by atoms with Crippen molar-refractivity contribution in [1.82, 2.24) is 4.72 Å². The molecule has 5 heteroatoms. The van der Waals surface area contributed by atoms with Crippen LogP contribution in [-0.2, 0) is 16.4 Å². The summed E-state index contributed by atoms with van der Waals surface area (Å²) in [7, 11) is -3.42. The quantitative estimate of drug-likeness (QED) is 0.862. The second-order valence-corrected chi connectivity index (χ2v) is 6.87. The molecule has 1 aromatic carbocycles. The molecule has 0 aliphatic heterocycles. The molecule has 19 heavy (non-hydrogen) atoms. The molecule has 1 aliphatic carbocycles. The molecule has 0 unspecified atom stereocenters. The lowest BCUT2D eigenvalue weighted by molar-refractivity contribution is 0.453. The van der Waals surface area contributed by atoms with Gasteiger partial charge < -0.3 is 5.73 Å². The fourth-order valence-electron chi connectivity index (χ4n) is 2.65. The van der Waals surface area contributed by atoms with Gasteiger partial charge in [0.2, 0.25) is 10.0 Å². The Bertz CT molecular complexity index is 511. The van der Waals surface area contributed by atoms with Crippen LogP contribution in [0.5, 0.6) is 0 Å². The van der Waals surface area contributed by atoms with Crippen LogP contribution in [-0.4, -0.2) is 21.0 Å². The third kappa shape index (κ3) is 3.35. The van der Waals surface area contributed by atoms with Gasteiger partial charge in [0.25, 0.3) is 0 Å². The van der Waals surface area contributed by atoms with Crippen molar-refractivity contribution in [3.8, 4) is 0 Å². The van der Waals surface area contributed by atoms with E-state index < -0.39 is 10.0 Å². The third-order valence-electron chi connectivity index (χ3n) is 3.91. The van der Waals surface area contributed by atoms with E-state index in [1.165, 1.54) is 0 Å². The standard InChI is InChI=1S/C14H22N2O2S/c1-2-11-6-8-13(9-7-11)19(17,18)16-14-5-3-4-12(14)10-15/h6-9,12,14,16H,2-5,10,15H2,1H3/t12-,14+/m0/s1. The highest BCUT2D eigenvalue weighted by molar-refractivity contribution is 7.89. The lowest BCUT2D eigenvalue weighted by Gasteiger charge is -2.19. The molecule has 0 heterocycles. The van der Waals surface area contributed by atoms with Gasteiger partial charge in [0.15, 0.2) is 0 Å². The van der Waals surface area contributed by atoms with E-state index in [0.29, 0.717) is 11.4 Å². The highest BCUT2D eigenvalue weighted by Crippen LogP contribution is 2.26. The Kier molecular flexibility index (Phi) is 4.60. The summed E-state index contributed by atoms with van der Waals surface area (Å²) in [5, 5.41) is 0. The first-order valence-electron chi connectivity index (χ1n) is 6.88. The molecule has 1 aromatic rings. The van der Waals surface area contributed by atoms with Crippen molar-refractivity contribution < 1.29 is 8.42 Å². The van der Waals surface area contributed by atoms with Gasteiger partial charge in [0.1, 0.15) is 0 Å². The van der Waals surface area contributed by atoms with Crippen molar-refractivity contribution in [2.45, 2.75) is 43.5 Å². The van der Waals surface area contributed by atoms with Crippen LogP contribution in [0.25, 0.3) is 0 Å². The second-order valence-electron chi connectivity index (χ2n) is 5.15. The number of hydrogen-bond acceptors (Lipinski definition) is 3. The van der Waals surface area contributed by atoms with Crippen molar-refractivity contribution in [2.24, 2.45) is 11.7 Å². The zero-order chi connectivity index (χ0) is 13.9. The monoisotopic (exact) mass is 282 g/mol. The summed E-state index contributed by atoms with van der Waals surface area (Å²) in [6.07, 6.45) is 3.85. The lowest BCUT2D eigenvalue weighted by Crippen LogP contribution is -2.39. The Hall–Kier alpha value is -0.910. The van der Waals surface area contributed by atoms with Gasteiger partial charge in [-0.05, 0) is 49.4 Å². The first kappa shape index (κ1) is 14.5. The number of nitrogens with one attached hydrogen (secondary N) is 1. The summed E-state index contributed by atoms with van der Waals surface area (Å²) in [5.74, 6) is 0.268. The number of rotatable bonds is 5. The average molecular weight is 282 g/mol. The van der Waals surface area contributed by atoms with Gasteiger partial charge in [0.05, 0.1) is 4.90 Å². The number of nitrogens with two attached hydrogens (primary N) is 1. The molecule has 0 saturated heterocycles. The summed E-state index contributed by atoms with van der Waals surface area (Å²) >= 11 is 0. The maximum absolute atomic E-state index is 12.3. The lowest BCUT2D eigenvalue weighted by atomic mass is 10.1. The highest BCUT2D eigenvalue weighted by Gasteiger charge is 2.30. The SMILES string of the molecule is CCc1ccc(S(=O)(=O)N[C@@H]2CCC[C@H]2CN)cc1. The molecule has 0 bridgehead atoms. The van der Waals surface area contributed by atoms with Crippen LogP contribution >= 0.6 is 0 Å². The molecule has 0 radical (unpaired) electrons. The summed E-state index contributed by atoms with van der Waals surface area (Å²) in [6.45, 7) is 2.59. The van der Waals surface area contributed by atoms with Crippen LogP contribution in [0.3, 0.4) is 0 Å². The zero-order valence-electron chi connectivity index (χ0n) is 11.3. The van der Waals surface area contributed by atoms with E-state index in [1.54, 1.807) is 12.1 Å². The normalized spacial score (nSPS) is 23.7. The number of aryl methyl sites for hydroxylation is 1. The predicted molar refractivity (Wildman–Crippen MR) is 76.3 cm³/mol. The number of benzene rings is 1. The van der Waals surface area contributed by atoms with Gasteiger partial charge in [0, 0.05) is 6.04 Å². The molecule has 2 rings (SSSR count). The Balaban J connectivity index is 2.13. The van der Waals surface area contributed by atoms with Gasteiger partial charge in [-0.15, -0.1) is 0 Å². The summed E-state index contributed by atoms with van der Waals surface area (Å²) in [4.78, 5) is 0.340. The van der Waals surface area contributed by atoms with Gasteiger partial charge in [-0.3, -0.25) is 0 Å². The topological polar surface area (TPSA) is 72.2 Å². The van der Waals surface area contributed by atoms with E-state index in [0.717, 1.165) is 31.2 Å². The van der Waals surface area contributed by atoms with E-state index >= 15 is 0 Å². The summed E-state index contributed by atoms with van der Waals surface area (Å²) in [5.41, 5.74) is 6.82. The average Bonchev–Trinajstić information content (AvgIpc) is 2.85. The fraction of sp³-hybridized carbons (Fsp3) is 0.571. The van der Waals surface area contributed by atoms with Gasteiger partial charge in [-0.25, -0.2) is 13.1 Å². The zero-order valence-corrected chi connectivity index (χ0v) is 12.1. The molecule has 3 N–H and O–H groups in total. The van der Waals surface area contributed by atoms with E-state index in [9.17, 15) is 8.42 Å². The van der Waals surface area contributed by atoms with Crippen LogP contribution in [0.15, 0.2) is 29.2 Å². The van der Waals surface area contributed by atoms with Crippen molar-refractivity contribution in [3.63, 3.8) is 0 Å². The molecule has 2 atom stereocenters. The maximum atomic E-state index is 12.3. The van der Waals surface area contributed by atoms with Crippen LogP contribution < -0.4 is 10.5 Å². The second kappa shape index (κ2) is 6.03. The molecule has 1 aliphatic rings. The number of sulfonamides is 1. The molecule has 0 aromatic heterocycles. The number of hydrogen-bond donors (Lipinski definition) is 2. The van der Waals surface area contributed by atoms with Gasteiger partial charge >= 0.3 is 0 Å². The Morgan fingerprint density at radius 2 is 1.95 bits per heavy atom. The van der Waals surface area contributed by atoms with Crippen molar-refractivity contribution in [2.75, 3.05) is 6.54 Å². The van der Waals surface area contributed by atoms with Crippen LogP contribution in [0.2, 0.25) is 0 Å². The molecule has 106 valence electrons. The Morgan fingerprint density at radius 1 is 1.26 bits per heavy atom. The molecule has 0 amide bonds. The minimum atomic E-state index is -3.42. The Morgan fingerprint density at radius 3 is 2.53 bits per heavy atom. The van der Waals surface area contributed by atoms with Crippen LogP contribution in [0, 0.1) is 5.92 Å². The summed E-state index contributed by atoms with van der Waals surface area (Å²) in [6, 6.07) is 7.06. The van der Waals surface area contributed by atoms with E-state index in [2.05, 4.69) is 4.72 Å². The molecular formula is C14H22N2O2S. The van der Waals surface area contributed by atoms with Crippen LogP contribution in [0.4, 0.5) is 0 Å². The maximum Gasteiger partial charge on any atom is 0.240 e. The van der Waals surface area contributed by atoms with E-state index in [1.807, 2.05) is 19.1 Å². The summed E-state index contributed by atoms with van der Waals surface area (Å²) < 4.78 is 27.4. The first-order chi connectivity index (χ1) is 9.06. The van der Waals surface area contributed by atoms with E-state index in [4.69, 9.17) is 5.73 Å². The first-order valence-corrected chi connectivity index (χ1v) is 8.36. The van der Waals surface area contributed by atoms with Crippen molar-refractivity contribution >= 4 is 10.0 Å². The van der Waals surface area contributed by atoms with Gasteiger partial charge in [-0.1, -0.05) is 25.5 Å². The smallest absolute Gasteiger partial charge is 0.240 e. The fourth-order valence-corrected chi connectivity index (χ4v) is 3.99. The molecule has 1 fully saturated rings. The Labute approximate surface area is 115 Å². The molecular weight excluding hydrogens is 260 g/mol. The minimum Gasteiger partial charge on any atom is -0.330 e. The predicted octanol–water partition coefficient (Wildman–Crippen LogP) is 1.65. The largest absolute Gasteiger partial charge is 0.330 e. The minimum absolute atomic E-state index is 0.0131. The highest BCUT2D eigenvalue weighted by atomic mass is 32.2.